The maximum absolute atomic E-state index is 13.7. The van der Waals surface area contributed by atoms with E-state index in [-0.39, 0.29) is 29.8 Å². The lowest BCUT2D eigenvalue weighted by Crippen LogP contribution is -2.55. The number of hydrogen-bond acceptors (Lipinski definition) is 3. The summed E-state index contributed by atoms with van der Waals surface area (Å²) in [5.74, 6) is -0.0423. The molecule has 2 aliphatic heterocycles. The molecule has 3 aliphatic rings. The fourth-order valence-electron chi connectivity index (χ4n) is 5.74. The molecule has 33 heavy (non-hydrogen) atoms. The van der Waals surface area contributed by atoms with Crippen LogP contribution in [0.5, 0.6) is 0 Å². The number of likely N-dealkylation sites (tertiary alicyclic amines) is 1. The van der Waals surface area contributed by atoms with Crippen molar-refractivity contribution in [3.8, 4) is 0 Å². The van der Waals surface area contributed by atoms with E-state index in [1.54, 1.807) is 7.05 Å². The van der Waals surface area contributed by atoms with E-state index in [0.717, 1.165) is 56.4 Å². The zero-order valence-electron chi connectivity index (χ0n) is 20.3. The summed E-state index contributed by atoms with van der Waals surface area (Å²) < 4.78 is 0. The van der Waals surface area contributed by atoms with E-state index >= 15 is 0 Å². The quantitative estimate of drug-likeness (QED) is 0.739. The summed E-state index contributed by atoms with van der Waals surface area (Å²) in [5.41, 5.74) is 2.41. The SMILES string of the molecule is C=C1/C=C\C=C/C[C@@](C)(N2CCC(N3C(=O)[C@](C)(CC(=O)NC)c4ccccc43)CC2)CC1. The largest absolute Gasteiger partial charge is 0.359 e. The Balaban J connectivity index is 1.51. The van der Waals surface area contributed by atoms with Crippen molar-refractivity contribution in [2.75, 3.05) is 25.0 Å². The predicted octanol–water partition coefficient (Wildman–Crippen LogP) is 4.50. The van der Waals surface area contributed by atoms with Crippen molar-refractivity contribution in [1.29, 1.82) is 0 Å². The summed E-state index contributed by atoms with van der Waals surface area (Å²) in [5, 5.41) is 2.69. The first-order valence-corrected chi connectivity index (χ1v) is 12.2. The third-order valence-electron chi connectivity index (χ3n) is 7.96. The van der Waals surface area contributed by atoms with Crippen LogP contribution in [0, 0.1) is 0 Å². The van der Waals surface area contributed by atoms with Crippen LogP contribution >= 0.6 is 0 Å². The average Bonchev–Trinajstić information content (AvgIpc) is 3.08. The van der Waals surface area contributed by atoms with Gasteiger partial charge in [-0.25, -0.2) is 0 Å². The highest BCUT2D eigenvalue weighted by molar-refractivity contribution is 6.10. The highest BCUT2D eigenvalue weighted by Gasteiger charge is 2.50. The van der Waals surface area contributed by atoms with Gasteiger partial charge in [-0.05, 0) is 57.6 Å². The summed E-state index contributed by atoms with van der Waals surface area (Å²) in [7, 11) is 1.63. The molecule has 0 radical (unpaired) electrons. The molecular formula is C28H37N3O2. The lowest BCUT2D eigenvalue weighted by Gasteiger charge is -2.46. The Morgan fingerprint density at radius 3 is 2.64 bits per heavy atom. The standard InChI is InChI=1S/C28H37N3O2/c1-21-10-6-5-9-16-27(2,17-13-21)30-18-14-22(15-19-30)31-24-12-8-7-11-23(24)28(3,26(31)33)20-25(32)29-4/h5-12,22H,1,13-20H2,2-4H3,(H,29,32)/b9-5-,10-6-/t27-,28-/m1/s1. The number of amides is 2. The molecule has 0 bridgehead atoms. The molecule has 1 aromatic rings. The summed E-state index contributed by atoms with van der Waals surface area (Å²) in [6.45, 7) is 10.4. The molecule has 0 unspecified atom stereocenters. The number of piperidine rings is 1. The molecule has 4 rings (SSSR count). The number of para-hydroxylation sites is 1. The van der Waals surface area contributed by atoms with E-state index < -0.39 is 5.41 Å². The van der Waals surface area contributed by atoms with Gasteiger partial charge in [-0.3, -0.25) is 14.5 Å². The Morgan fingerprint density at radius 2 is 1.91 bits per heavy atom. The number of fused-ring (bicyclic) bond motifs is 1. The smallest absolute Gasteiger partial charge is 0.238 e. The van der Waals surface area contributed by atoms with Crippen molar-refractivity contribution in [2.24, 2.45) is 0 Å². The second-order valence-electron chi connectivity index (χ2n) is 10.2. The van der Waals surface area contributed by atoms with Crippen molar-refractivity contribution in [1.82, 2.24) is 10.2 Å². The molecule has 2 amide bonds. The van der Waals surface area contributed by atoms with Crippen LogP contribution in [0.15, 0.2) is 60.7 Å². The minimum absolute atomic E-state index is 0.0599. The molecule has 1 aromatic carbocycles. The molecule has 1 aliphatic carbocycles. The lowest BCUT2D eigenvalue weighted by atomic mass is 9.80. The van der Waals surface area contributed by atoms with Crippen molar-refractivity contribution in [3.63, 3.8) is 0 Å². The summed E-state index contributed by atoms with van der Waals surface area (Å²) >= 11 is 0. The van der Waals surface area contributed by atoms with Crippen LogP contribution in [0.4, 0.5) is 5.69 Å². The highest BCUT2D eigenvalue weighted by atomic mass is 16.2. The topological polar surface area (TPSA) is 52.7 Å². The molecule has 1 saturated heterocycles. The van der Waals surface area contributed by atoms with Crippen molar-refractivity contribution >= 4 is 17.5 Å². The van der Waals surface area contributed by atoms with Gasteiger partial charge in [0.15, 0.2) is 0 Å². The Bertz CT molecular complexity index is 989. The van der Waals surface area contributed by atoms with Crippen molar-refractivity contribution < 1.29 is 9.59 Å². The van der Waals surface area contributed by atoms with Crippen LogP contribution in [-0.2, 0) is 15.0 Å². The van der Waals surface area contributed by atoms with E-state index in [1.165, 1.54) is 5.57 Å². The van der Waals surface area contributed by atoms with Crippen molar-refractivity contribution in [3.05, 3.63) is 66.3 Å². The number of anilines is 1. The first-order valence-electron chi connectivity index (χ1n) is 12.2. The van der Waals surface area contributed by atoms with Crippen LogP contribution < -0.4 is 10.2 Å². The van der Waals surface area contributed by atoms with Gasteiger partial charge >= 0.3 is 0 Å². The summed E-state index contributed by atoms with van der Waals surface area (Å²) in [6, 6.07) is 8.17. The molecule has 176 valence electrons. The van der Waals surface area contributed by atoms with E-state index in [2.05, 4.69) is 48.0 Å². The van der Waals surface area contributed by atoms with Gasteiger partial charge in [-0.15, -0.1) is 0 Å². The Labute approximate surface area is 198 Å². The number of hydrogen-bond donors (Lipinski definition) is 1. The van der Waals surface area contributed by atoms with Crippen LogP contribution in [-0.4, -0.2) is 48.4 Å². The van der Waals surface area contributed by atoms with E-state index in [4.69, 9.17) is 0 Å². The van der Waals surface area contributed by atoms with Gasteiger partial charge in [0, 0.05) is 43.8 Å². The van der Waals surface area contributed by atoms with Crippen molar-refractivity contribution in [2.45, 2.75) is 69.4 Å². The third-order valence-corrected chi connectivity index (χ3v) is 7.96. The van der Waals surface area contributed by atoms with Gasteiger partial charge in [-0.2, -0.15) is 0 Å². The molecule has 1 N–H and O–H groups in total. The minimum atomic E-state index is -0.810. The molecule has 2 heterocycles. The fourth-order valence-corrected chi connectivity index (χ4v) is 5.74. The summed E-state index contributed by atoms with van der Waals surface area (Å²) in [6.07, 6.45) is 13.8. The Hall–Kier alpha value is -2.66. The number of rotatable bonds is 4. The minimum Gasteiger partial charge on any atom is -0.359 e. The summed E-state index contributed by atoms with van der Waals surface area (Å²) in [4.78, 5) is 30.6. The first-order chi connectivity index (χ1) is 15.8. The zero-order chi connectivity index (χ0) is 23.6. The Kier molecular flexibility index (Phi) is 6.62. The van der Waals surface area contributed by atoms with Gasteiger partial charge in [0.1, 0.15) is 0 Å². The number of nitrogens with zero attached hydrogens (tertiary/aromatic N) is 2. The van der Waals surface area contributed by atoms with Gasteiger partial charge < -0.3 is 10.2 Å². The van der Waals surface area contributed by atoms with Crippen LogP contribution in [0.2, 0.25) is 0 Å². The Morgan fingerprint density at radius 1 is 1.18 bits per heavy atom. The molecule has 0 saturated carbocycles. The maximum Gasteiger partial charge on any atom is 0.238 e. The lowest BCUT2D eigenvalue weighted by molar-refractivity contribution is -0.129. The zero-order valence-corrected chi connectivity index (χ0v) is 20.3. The van der Waals surface area contributed by atoms with Gasteiger partial charge in [0.2, 0.25) is 11.8 Å². The number of nitrogens with one attached hydrogen (secondary N) is 1. The second-order valence-corrected chi connectivity index (χ2v) is 10.2. The molecule has 5 nitrogen and oxygen atoms in total. The number of allylic oxidation sites excluding steroid dienone is 4. The molecule has 5 heteroatoms. The number of carbonyl (C=O) groups is 2. The van der Waals surface area contributed by atoms with Crippen LogP contribution in [0.1, 0.15) is 57.9 Å². The molecule has 0 aromatic heterocycles. The monoisotopic (exact) mass is 447 g/mol. The first kappa shape index (κ1) is 23.5. The van der Waals surface area contributed by atoms with Crippen LogP contribution in [0.25, 0.3) is 0 Å². The van der Waals surface area contributed by atoms with E-state index in [1.807, 2.05) is 36.1 Å². The molecule has 1 fully saturated rings. The number of carbonyl (C=O) groups excluding carboxylic acids is 2. The van der Waals surface area contributed by atoms with Crippen LogP contribution in [0.3, 0.4) is 0 Å². The third kappa shape index (κ3) is 4.43. The maximum atomic E-state index is 13.7. The molecular weight excluding hydrogens is 410 g/mol. The predicted molar refractivity (Wildman–Crippen MR) is 134 cm³/mol. The highest BCUT2D eigenvalue weighted by Crippen LogP contribution is 2.46. The van der Waals surface area contributed by atoms with Gasteiger partial charge in [-0.1, -0.05) is 54.7 Å². The second kappa shape index (κ2) is 9.30. The fraction of sp³-hybridized carbons (Fsp3) is 0.500. The average molecular weight is 448 g/mol. The molecule has 2 atom stereocenters. The van der Waals surface area contributed by atoms with E-state index in [9.17, 15) is 9.59 Å². The number of benzene rings is 1. The van der Waals surface area contributed by atoms with Gasteiger partial charge in [0.05, 0.1) is 5.41 Å². The van der Waals surface area contributed by atoms with Gasteiger partial charge in [0.25, 0.3) is 0 Å². The van der Waals surface area contributed by atoms with E-state index in [0.29, 0.717) is 0 Å². The molecule has 0 spiro atoms. The normalized spacial score (nSPS) is 30.8.